The molecule has 1 aliphatic carbocycles. The molecule has 40 valence electrons. The highest BCUT2D eigenvalue weighted by atomic mass is 32.2. The maximum absolute atomic E-state index is 9.89. The minimum atomic E-state index is -3.74. The number of hydrogen-bond donors (Lipinski definition) is 1. The summed E-state index contributed by atoms with van der Waals surface area (Å²) in [6.45, 7) is 0. The first-order valence-corrected chi connectivity index (χ1v) is 3.25. The molecule has 0 heterocycles. The molecule has 0 fully saturated rings. The van der Waals surface area contributed by atoms with Crippen molar-refractivity contribution in [3.8, 4) is 0 Å². The van der Waals surface area contributed by atoms with Gasteiger partial charge >= 0.3 is 0 Å². The molecule has 0 aliphatic heterocycles. The van der Waals surface area contributed by atoms with Gasteiger partial charge < -0.3 is 0 Å². The third-order valence-electron chi connectivity index (χ3n) is 0.694. The fourth-order valence-corrected chi connectivity index (χ4v) is 0.732. The Morgan fingerprint density at radius 2 is 1.86 bits per heavy atom. The highest BCUT2D eigenvalue weighted by Gasteiger charge is 2.24. The lowest BCUT2D eigenvalue weighted by Gasteiger charge is -1.84. The summed E-state index contributed by atoms with van der Waals surface area (Å²) in [6.07, 6.45) is 2.82. The summed E-state index contributed by atoms with van der Waals surface area (Å²) in [7, 11) is -3.74. The molecule has 3 nitrogen and oxygen atoms in total. The Labute approximate surface area is 41.4 Å². The summed E-state index contributed by atoms with van der Waals surface area (Å²) in [4.78, 5) is 0. The Bertz CT molecular complexity index is 182. The van der Waals surface area contributed by atoms with Gasteiger partial charge in [0, 0.05) is 0 Å². The molecule has 0 saturated carbocycles. The molecule has 0 aromatic carbocycles. The fourth-order valence-electron chi connectivity index (χ4n) is 0.244. The standard InChI is InChI=1S/C3H4O3S/c4-7(5,6)3-1-2-3/h1-3H,(H,4,5,6). The Kier molecular flexibility index (Phi) is 0.739. The highest BCUT2D eigenvalue weighted by Crippen LogP contribution is 2.13. The van der Waals surface area contributed by atoms with Gasteiger partial charge in [0.05, 0.1) is 0 Å². The van der Waals surface area contributed by atoms with Gasteiger partial charge in [0.2, 0.25) is 0 Å². The number of hydrogen-bond acceptors (Lipinski definition) is 2. The van der Waals surface area contributed by atoms with Crippen LogP contribution < -0.4 is 0 Å². The van der Waals surface area contributed by atoms with Crippen molar-refractivity contribution in [2.24, 2.45) is 0 Å². The smallest absolute Gasteiger partial charge is 0.275 e. The van der Waals surface area contributed by atoms with Crippen LogP contribution in [-0.2, 0) is 10.1 Å². The second kappa shape index (κ2) is 1.08. The van der Waals surface area contributed by atoms with Crippen molar-refractivity contribution < 1.29 is 13.0 Å². The van der Waals surface area contributed by atoms with Crippen LogP contribution in [0.25, 0.3) is 0 Å². The first-order valence-electron chi connectivity index (χ1n) is 1.75. The Balaban J connectivity index is 2.74. The Hall–Kier alpha value is -0.350. The second-order valence-electron chi connectivity index (χ2n) is 1.36. The molecule has 0 bridgehead atoms. The van der Waals surface area contributed by atoms with E-state index in [1.54, 1.807) is 0 Å². The van der Waals surface area contributed by atoms with Gasteiger partial charge in [0.15, 0.2) is 0 Å². The molecule has 0 saturated heterocycles. The number of rotatable bonds is 1. The Morgan fingerprint density at radius 3 is 1.86 bits per heavy atom. The van der Waals surface area contributed by atoms with E-state index in [2.05, 4.69) is 0 Å². The maximum atomic E-state index is 9.89. The summed E-state index contributed by atoms with van der Waals surface area (Å²) in [5, 5.41) is -0.674. The molecule has 0 atom stereocenters. The molecule has 0 radical (unpaired) electrons. The molecule has 7 heavy (non-hydrogen) atoms. The fraction of sp³-hybridized carbons (Fsp3) is 0.333. The lowest BCUT2D eigenvalue weighted by Crippen LogP contribution is -2.04. The van der Waals surface area contributed by atoms with Crippen LogP contribution in [0.3, 0.4) is 0 Å². The summed E-state index contributed by atoms with van der Waals surface area (Å²) >= 11 is 0. The zero-order valence-corrected chi connectivity index (χ0v) is 4.22. The lowest BCUT2D eigenvalue weighted by atomic mass is 10.9. The summed E-state index contributed by atoms with van der Waals surface area (Å²) in [5.41, 5.74) is 0. The van der Waals surface area contributed by atoms with Crippen LogP contribution in [0.1, 0.15) is 0 Å². The molecule has 0 aromatic rings. The minimum Gasteiger partial charge on any atom is -0.285 e. The third-order valence-corrected chi connectivity index (χ3v) is 1.70. The zero-order chi connectivity index (χ0) is 5.49. The van der Waals surface area contributed by atoms with Crippen molar-refractivity contribution in [3.05, 3.63) is 12.2 Å². The topological polar surface area (TPSA) is 54.4 Å². The van der Waals surface area contributed by atoms with Crippen molar-refractivity contribution in [3.63, 3.8) is 0 Å². The summed E-state index contributed by atoms with van der Waals surface area (Å²) in [6, 6.07) is 0. The van der Waals surface area contributed by atoms with E-state index in [4.69, 9.17) is 4.55 Å². The van der Waals surface area contributed by atoms with Gasteiger partial charge in [0.25, 0.3) is 10.1 Å². The second-order valence-corrected chi connectivity index (χ2v) is 2.94. The van der Waals surface area contributed by atoms with E-state index < -0.39 is 15.4 Å². The van der Waals surface area contributed by atoms with Crippen molar-refractivity contribution >= 4 is 10.1 Å². The first kappa shape index (κ1) is 4.80. The van der Waals surface area contributed by atoms with Crippen LogP contribution in [0.5, 0.6) is 0 Å². The van der Waals surface area contributed by atoms with Gasteiger partial charge in [-0.25, -0.2) is 0 Å². The summed E-state index contributed by atoms with van der Waals surface area (Å²) < 4.78 is 27.8. The predicted molar refractivity (Wildman–Crippen MR) is 24.5 cm³/mol. The van der Waals surface area contributed by atoms with Crippen LogP contribution in [0.15, 0.2) is 12.2 Å². The van der Waals surface area contributed by atoms with E-state index >= 15 is 0 Å². The van der Waals surface area contributed by atoms with E-state index in [0.29, 0.717) is 0 Å². The predicted octanol–water partition coefficient (Wildman–Crippen LogP) is -0.187. The molecule has 1 N–H and O–H groups in total. The van der Waals surface area contributed by atoms with E-state index in [9.17, 15) is 8.42 Å². The summed E-state index contributed by atoms with van der Waals surface area (Å²) in [5.74, 6) is 0. The zero-order valence-electron chi connectivity index (χ0n) is 3.40. The molecule has 1 rings (SSSR count). The molecule has 0 amide bonds. The van der Waals surface area contributed by atoms with Gasteiger partial charge in [0.1, 0.15) is 5.25 Å². The van der Waals surface area contributed by atoms with Gasteiger partial charge in [-0.05, 0) is 0 Å². The normalized spacial score (nSPS) is 20.1. The molecule has 0 unspecified atom stereocenters. The van der Waals surface area contributed by atoms with Crippen LogP contribution in [0.2, 0.25) is 0 Å². The Morgan fingerprint density at radius 1 is 1.43 bits per heavy atom. The first-order chi connectivity index (χ1) is 3.11. The highest BCUT2D eigenvalue weighted by molar-refractivity contribution is 7.87. The third kappa shape index (κ3) is 1.01. The van der Waals surface area contributed by atoms with Crippen molar-refractivity contribution in [2.75, 3.05) is 0 Å². The SMILES string of the molecule is O=S(=O)(O)C1C=C1. The van der Waals surface area contributed by atoms with E-state index in [1.165, 1.54) is 12.2 Å². The largest absolute Gasteiger partial charge is 0.285 e. The van der Waals surface area contributed by atoms with E-state index in [1.807, 2.05) is 0 Å². The van der Waals surface area contributed by atoms with Crippen LogP contribution in [0, 0.1) is 0 Å². The molecular weight excluding hydrogens is 116 g/mol. The lowest BCUT2D eigenvalue weighted by molar-refractivity contribution is 0.484. The van der Waals surface area contributed by atoms with Crippen molar-refractivity contribution in [1.29, 1.82) is 0 Å². The van der Waals surface area contributed by atoms with E-state index in [-0.39, 0.29) is 0 Å². The molecule has 1 aliphatic rings. The maximum Gasteiger partial charge on any atom is 0.275 e. The van der Waals surface area contributed by atoms with Gasteiger partial charge in [-0.15, -0.1) is 0 Å². The van der Waals surface area contributed by atoms with Gasteiger partial charge in [-0.1, -0.05) is 12.2 Å². The monoisotopic (exact) mass is 120 g/mol. The quantitative estimate of drug-likeness (QED) is 0.385. The molecular formula is C3H4O3S. The van der Waals surface area contributed by atoms with Crippen LogP contribution in [0.4, 0.5) is 0 Å². The van der Waals surface area contributed by atoms with E-state index in [0.717, 1.165) is 0 Å². The molecule has 4 heteroatoms. The van der Waals surface area contributed by atoms with Crippen LogP contribution in [-0.4, -0.2) is 18.2 Å². The van der Waals surface area contributed by atoms with Gasteiger partial charge in [-0.3, -0.25) is 4.55 Å². The minimum absolute atomic E-state index is 0.674. The average Bonchev–Trinajstić information content (AvgIpc) is 1.99. The average molecular weight is 120 g/mol. The van der Waals surface area contributed by atoms with Crippen molar-refractivity contribution in [1.82, 2.24) is 0 Å². The molecule has 0 aromatic heterocycles. The molecule has 0 spiro atoms. The van der Waals surface area contributed by atoms with Gasteiger partial charge in [-0.2, -0.15) is 8.42 Å². The van der Waals surface area contributed by atoms with Crippen molar-refractivity contribution in [2.45, 2.75) is 5.25 Å². The van der Waals surface area contributed by atoms with Crippen LogP contribution >= 0.6 is 0 Å².